The van der Waals surface area contributed by atoms with Crippen LogP contribution in [0.25, 0.3) is 0 Å². The van der Waals surface area contributed by atoms with Gasteiger partial charge in [0.2, 0.25) is 0 Å². The van der Waals surface area contributed by atoms with Gasteiger partial charge in [-0.25, -0.2) is 0 Å². The number of aliphatic hydroxyl groups is 1. The highest BCUT2D eigenvalue weighted by Gasteiger charge is 2.41. The number of hydrogen-bond donors (Lipinski definition) is 1. The van der Waals surface area contributed by atoms with Gasteiger partial charge in [0.15, 0.2) is 11.4 Å². The number of rotatable bonds is 1. The zero-order valence-electron chi connectivity index (χ0n) is 8.20. The first-order chi connectivity index (χ1) is 6.21. The van der Waals surface area contributed by atoms with Crippen LogP contribution in [-0.2, 0) is 10.3 Å². The molecule has 1 fully saturated rings. The van der Waals surface area contributed by atoms with Crippen molar-refractivity contribution >= 4 is 0 Å². The molecular weight excluding hydrogens is 170 g/mol. The minimum absolute atomic E-state index is 0.307. The minimum atomic E-state index is -0.915. The lowest BCUT2D eigenvalue weighted by atomic mass is 9.99. The second-order valence-corrected chi connectivity index (χ2v) is 2.86. The van der Waals surface area contributed by atoms with E-state index in [1.165, 1.54) is 0 Å². The van der Waals surface area contributed by atoms with Crippen LogP contribution in [0.4, 0.5) is 0 Å². The summed E-state index contributed by atoms with van der Waals surface area (Å²) in [6.07, 6.45) is 0. The zero-order chi connectivity index (χ0) is 9.90. The summed E-state index contributed by atoms with van der Waals surface area (Å²) in [6.45, 7) is 6.43. The van der Waals surface area contributed by atoms with Crippen LogP contribution in [0.1, 0.15) is 25.3 Å². The largest absolute Gasteiger partial charge is 0.377 e. The molecule has 0 atom stereocenters. The number of aryl methyl sites for hydroxylation is 1. The van der Waals surface area contributed by atoms with Crippen LogP contribution in [0.2, 0.25) is 0 Å². The van der Waals surface area contributed by atoms with E-state index in [0.29, 0.717) is 19.0 Å². The highest BCUT2D eigenvalue weighted by Crippen LogP contribution is 2.29. The third-order valence-electron chi connectivity index (χ3n) is 1.77. The first kappa shape index (κ1) is 10.2. The molecule has 0 unspecified atom stereocenters. The van der Waals surface area contributed by atoms with Crippen molar-refractivity contribution < 1.29 is 14.4 Å². The molecule has 1 aromatic heterocycles. The van der Waals surface area contributed by atoms with Crippen LogP contribution in [-0.4, -0.2) is 23.5 Å². The van der Waals surface area contributed by atoms with Crippen molar-refractivity contribution in [3.63, 3.8) is 0 Å². The molecule has 2 heterocycles. The molecule has 0 radical (unpaired) electrons. The Morgan fingerprint density at radius 1 is 1.46 bits per heavy atom. The maximum atomic E-state index is 9.64. The highest BCUT2D eigenvalue weighted by molar-refractivity contribution is 5.14. The number of hydrogen-bond acceptors (Lipinski definition) is 4. The Kier molecular flexibility index (Phi) is 3.06. The lowest BCUT2D eigenvalue weighted by Gasteiger charge is -2.33. The van der Waals surface area contributed by atoms with Gasteiger partial charge in [-0.1, -0.05) is 19.0 Å². The van der Waals surface area contributed by atoms with Gasteiger partial charge in [0.25, 0.3) is 0 Å². The molecule has 0 saturated carbocycles. The number of ether oxygens (including phenoxy) is 1. The molecule has 0 aliphatic carbocycles. The van der Waals surface area contributed by atoms with Crippen LogP contribution in [0, 0.1) is 6.92 Å². The summed E-state index contributed by atoms with van der Waals surface area (Å²) in [7, 11) is 0. The third kappa shape index (κ3) is 1.89. The molecule has 0 amide bonds. The second-order valence-electron chi connectivity index (χ2n) is 2.86. The smallest absolute Gasteiger partial charge is 0.173 e. The first-order valence-corrected chi connectivity index (χ1v) is 4.45. The summed E-state index contributed by atoms with van der Waals surface area (Å²) < 4.78 is 9.75. The minimum Gasteiger partial charge on any atom is -0.377 e. The molecule has 0 spiro atoms. The fourth-order valence-corrected chi connectivity index (χ4v) is 1.02. The molecule has 1 saturated heterocycles. The van der Waals surface area contributed by atoms with E-state index in [9.17, 15) is 5.11 Å². The molecule has 0 bridgehead atoms. The summed E-state index contributed by atoms with van der Waals surface area (Å²) >= 11 is 0. The van der Waals surface area contributed by atoms with Gasteiger partial charge >= 0.3 is 0 Å². The van der Waals surface area contributed by atoms with Gasteiger partial charge in [-0.2, -0.15) is 0 Å². The fourth-order valence-electron chi connectivity index (χ4n) is 1.02. The molecular formula is C9H15NO3. The van der Waals surface area contributed by atoms with Crippen molar-refractivity contribution in [3.05, 3.63) is 17.5 Å². The fraction of sp³-hybridized carbons (Fsp3) is 0.667. The average Bonchev–Trinajstić information content (AvgIpc) is 2.52. The third-order valence-corrected chi connectivity index (χ3v) is 1.77. The Bertz CT molecular complexity index is 266. The predicted octanol–water partition coefficient (Wildman–Crippen LogP) is 1.23. The van der Waals surface area contributed by atoms with E-state index >= 15 is 0 Å². The topological polar surface area (TPSA) is 55.5 Å². The average molecular weight is 185 g/mol. The molecule has 2 rings (SSSR count). The van der Waals surface area contributed by atoms with Crippen LogP contribution in [0.15, 0.2) is 10.6 Å². The molecule has 13 heavy (non-hydrogen) atoms. The maximum Gasteiger partial charge on any atom is 0.173 e. The van der Waals surface area contributed by atoms with Gasteiger partial charge < -0.3 is 14.4 Å². The lowest BCUT2D eigenvalue weighted by molar-refractivity contribution is -0.195. The van der Waals surface area contributed by atoms with Crippen molar-refractivity contribution in [1.29, 1.82) is 0 Å². The van der Waals surface area contributed by atoms with Crippen LogP contribution >= 0.6 is 0 Å². The van der Waals surface area contributed by atoms with Gasteiger partial charge in [0, 0.05) is 6.07 Å². The van der Waals surface area contributed by atoms with E-state index in [0.717, 1.165) is 5.69 Å². The van der Waals surface area contributed by atoms with Crippen molar-refractivity contribution in [3.8, 4) is 0 Å². The van der Waals surface area contributed by atoms with E-state index in [2.05, 4.69) is 5.16 Å². The Balaban J connectivity index is 0.000000396. The first-order valence-electron chi connectivity index (χ1n) is 4.45. The van der Waals surface area contributed by atoms with E-state index in [1.54, 1.807) is 6.07 Å². The molecule has 1 N–H and O–H groups in total. The zero-order valence-corrected chi connectivity index (χ0v) is 8.20. The summed E-state index contributed by atoms with van der Waals surface area (Å²) in [5, 5.41) is 13.3. The second kappa shape index (κ2) is 3.89. The van der Waals surface area contributed by atoms with Crippen molar-refractivity contribution in [2.45, 2.75) is 26.4 Å². The van der Waals surface area contributed by atoms with Crippen LogP contribution in [0.5, 0.6) is 0 Å². The Morgan fingerprint density at radius 2 is 2.08 bits per heavy atom. The molecule has 4 nitrogen and oxygen atoms in total. The Labute approximate surface area is 77.5 Å². The molecule has 1 aromatic rings. The Morgan fingerprint density at radius 3 is 2.38 bits per heavy atom. The predicted molar refractivity (Wildman–Crippen MR) is 47.3 cm³/mol. The van der Waals surface area contributed by atoms with Gasteiger partial charge in [-0.05, 0) is 6.92 Å². The summed E-state index contributed by atoms with van der Waals surface area (Å²) in [6, 6.07) is 1.72. The van der Waals surface area contributed by atoms with Crippen LogP contribution < -0.4 is 0 Å². The van der Waals surface area contributed by atoms with E-state index in [4.69, 9.17) is 9.26 Å². The maximum absolute atomic E-state index is 9.64. The molecule has 4 heteroatoms. The summed E-state index contributed by atoms with van der Waals surface area (Å²) in [5.74, 6) is 0.501. The number of aromatic nitrogens is 1. The van der Waals surface area contributed by atoms with Gasteiger partial charge in [-0.15, -0.1) is 0 Å². The molecule has 1 aliphatic rings. The standard InChI is InChI=1S/C7H9NO3.C2H6/c1-5-2-6(11-8-5)7(9)3-10-4-7;1-2/h2,9H,3-4H2,1H3;1-2H3. The van der Waals surface area contributed by atoms with Gasteiger partial charge in [0.05, 0.1) is 18.9 Å². The molecule has 1 aliphatic heterocycles. The SMILES string of the molecule is CC.Cc1cc(C2(O)COC2)on1. The van der Waals surface area contributed by atoms with Crippen molar-refractivity contribution in [2.24, 2.45) is 0 Å². The molecule has 0 aromatic carbocycles. The van der Waals surface area contributed by atoms with E-state index < -0.39 is 5.60 Å². The summed E-state index contributed by atoms with van der Waals surface area (Å²) in [4.78, 5) is 0. The van der Waals surface area contributed by atoms with Gasteiger partial charge in [0.1, 0.15) is 0 Å². The number of nitrogens with zero attached hydrogens (tertiary/aromatic N) is 1. The lowest BCUT2D eigenvalue weighted by Crippen LogP contribution is -2.46. The molecule has 74 valence electrons. The van der Waals surface area contributed by atoms with Crippen LogP contribution in [0.3, 0.4) is 0 Å². The van der Waals surface area contributed by atoms with E-state index in [1.807, 2.05) is 20.8 Å². The Hall–Kier alpha value is -0.870. The van der Waals surface area contributed by atoms with Gasteiger partial charge in [-0.3, -0.25) is 0 Å². The van der Waals surface area contributed by atoms with Crippen molar-refractivity contribution in [2.75, 3.05) is 13.2 Å². The van der Waals surface area contributed by atoms with Crippen molar-refractivity contribution in [1.82, 2.24) is 5.16 Å². The highest BCUT2D eigenvalue weighted by atomic mass is 16.6. The normalized spacial score (nSPS) is 18.5. The van der Waals surface area contributed by atoms with E-state index in [-0.39, 0.29) is 0 Å². The monoisotopic (exact) mass is 185 g/mol. The summed E-state index contributed by atoms with van der Waals surface area (Å²) in [5.41, 5.74) is -0.137. The quantitative estimate of drug-likeness (QED) is 0.714.